The van der Waals surface area contributed by atoms with Gasteiger partial charge in [0.05, 0.1) is 4.92 Å². The topological polar surface area (TPSA) is 55.2 Å². The molecule has 0 bridgehead atoms. The first kappa shape index (κ1) is 16.5. The summed E-state index contributed by atoms with van der Waals surface area (Å²) in [4.78, 5) is 10.7. The number of nitro benzene ring substituents is 1. The third-order valence-electron chi connectivity index (χ3n) is 3.29. The molecule has 20 heavy (non-hydrogen) atoms. The summed E-state index contributed by atoms with van der Waals surface area (Å²) in [6, 6.07) is 5.73. The molecule has 0 saturated heterocycles. The first-order chi connectivity index (χ1) is 9.29. The molecule has 0 unspecified atom stereocenters. The summed E-state index contributed by atoms with van der Waals surface area (Å²) < 4.78 is 0. The van der Waals surface area contributed by atoms with E-state index >= 15 is 0 Å². The minimum atomic E-state index is -0.319. The van der Waals surface area contributed by atoms with E-state index in [4.69, 9.17) is 0 Å². The molecule has 0 aromatic heterocycles. The van der Waals surface area contributed by atoms with Crippen LogP contribution < -0.4 is 5.32 Å². The molecular formula is C16H26N2O2. The number of anilines is 1. The van der Waals surface area contributed by atoms with E-state index in [1.807, 2.05) is 12.1 Å². The summed E-state index contributed by atoms with van der Waals surface area (Å²) in [7, 11) is 0. The molecule has 1 rings (SSSR count). The van der Waals surface area contributed by atoms with Crippen LogP contribution in [0.2, 0.25) is 0 Å². The van der Waals surface area contributed by atoms with E-state index in [0.717, 1.165) is 18.5 Å². The largest absolute Gasteiger partial charge is 0.382 e. The number of nitrogens with one attached hydrogen (secondary N) is 1. The van der Waals surface area contributed by atoms with Crippen molar-refractivity contribution in [3.63, 3.8) is 0 Å². The number of aryl methyl sites for hydroxylation is 1. The van der Waals surface area contributed by atoms with Crippen molar-refractivity contribution >= 4 is 11.4 Å². The third-order valence-corrected chi connectivity index (χ3v) is 3.29. The van der Waals surface area contributed by atoms with E-state index in [9.17, 15) is 10.1 Å². The molecule has 112 valence electrons. The lowest BCUT2D eigenvalue weighted by Crippen LogP contribution is -2.23. The van der Waals surface area contributed by atoms with Gasteiger partial charge in [-0.1, -0.05) is 33.8 Å². The molecule has 1 N–H and O–H groups in total. The Labute approximate surface area is 121 Å². The van der Waals surface area contributed by atoms with Gasteiger partial charge >= 0.3 is 0 Å². The summed E-state index contributed by atoms with van der Waals surface area (Å²) in [6.45, 7) is 10.6. The molecule has 1 aromatic rings. The molecule has 0 radical (unpaired) electrons. The Morgan fingerprint density at radius 3 is 2.15 bits per heavy atom. The minimum absolute atomic E-state index is 0.183. The van der Waals surface area contributed by atoms with Crippen molar-refractivity contribution in [2.45, 2.75) is 53.5 Å². The summed E-state index contributed by atoms with van der Waals surface area (Å²) >= 11 is 0. The number of benzene rings is 1. The van der Waals surface area contributed by atoms with Crippen LogP contribution in [0.15, 0.2) is 18.2 Å². The summed E-state index contributed by atoms with van der Waals surface area (Å²) in [5.41, 5.74) is 1.72. The lowest BCUT2D eigenvalue weighted by molar-refractivity contribution is -0.385. The summed E-state index contributed by atoms with van der Waals surface area (Å²) in [5.74, 6) is 1.21. The fourth-order valence-electron chi connectivity index (χ4n) is 2.48. The smallest absolute Gasteiger partial charge is 0.274 e. The van der Waals surface area contributed by atoms with Crippen LogP contribution in [0.5, 0.6) is 0 Å². The second-order valence-corrected chi connectivity index (χ2v) is 6.36. The average Bonchev–Trinajstić information content (AvgIpc) is 2.29. The number of rotatable bonds is 7. The van der Waals surface area contributed by atoms with Gasteiger partial charge in [0, 0.05) is 23.4 Å². The van der Waals surface area contributed by atoms with E-state index in [1.165, 1.54) is 0 Å². The fourth-order valence-corrected chi connectivity index (χ4v) is 2.48. The highest BCUT2D eigenvalue weighted by Gasteiger charge is 2.15. The highest BCUT2D eigenvalue weighted by molar-refractivity contribution is 5.55. The van der Waals surface area contributed by atoms with E-state index in [0.29, 0.717) is 23.4 Å². The maximum absolute atomic E-state index is 11.0. The Balaban J connectivity index is 2.87. The Kier molecular flexibility index (Phi) is 5.99. The van der Waals surface area contributed by atoms with Crippen LogP contribution >= 0.6 is 0 Å². The van der Waals surface area contributed by atoms with Crippen LogP contribution in [0.3, 0.4) is 0 Å². The van der Waals surface area contributed by atoms with Crippen molar-refractivity contribution in [1.29, 1.82) is 0 Å². The SMILES string of the molecule is Cc1ccc(NC(CC(C)C)CC(C)C)cc1[N+](=O)[O-]. The van der Waals surface area contributed by atoms with Crippen molar-refractivity contribution in [3.8, 4) is 0 Å². The molecular weight excluding hydrogens is 252 g/mol. The molecule has 0 amide bonds. The van der Waals surface area contributed by atoms with Crippen LogP contribution in [0.4, 0.5) is 11.4 Å². The fraction of sp³-hybridized carbons (Fsp3) is 0.625. The Bertz CT molecular complexity index is 446. The highest BCUT2D eigenvalue weighted by Crippen LogP contribution is 2.25. The molecule has 0 saturated carbocycles. The Hall–Kier alpha value is -1.58. The van der Waals surface area contributed by atoms with Gasteiger partial charge in [-0.3, -0.25) is 10.1 Å². The van der Waals surface area contributed by atoms with Crippen LogP contribution in [-0.4, -0.2) is 11.0 Å². The molecule has 0 fully saturated rings. The number of nitrogens with zero attached hydrogens (tertiary/aromatic N) is 1. The Morgan fingerprint density at radius 2 is 1.70 bits per heavy atom. The van der Waals surface area contributed by atoms with Gasteiger partial charge in [-0.2, -0.15) is 0 Å². The molecule has 0 atom stereocenters. The lowest BCUT2D eigenvalue weighted by Gasteiger charge is -2.23. The predicted molar refractivity (Wildman–Crippen MR) is 84.2 cm³/mol. The second kappa shape index (κ2) is 7.27. The summed E-state index contributed by atoms with van der Waals surface area (Å²) in [5, 5.41) is 14.5. The number of hydrogen-bond acceptors (Lipinski definition) is 3. The number of nitro groups is 1. The molecule has 4 heteroatoms. The van der Waals surface area contributed by atoms with Crippen molar-refractivity contribution in [2.75, 3.05) is 5.32 Å². The molecule has 0 aliphatic heterocycles. The second-order valence-electron chi connectivity index (χ2n) is 6.36. The first-order valence-electron chi connectivity index (χ1n) is 7.31. The van der Waals surface area contributed by atoms with Crippen LogP contribution in [0.25, 0.3) is 0 Å². The van der Waals surface area contributed by atoms with Crippen LogP contribution in [0.1, 0.15) is 46.1 Å². The summed E-state index contributed by atoms with van der Waals surface area (Å²) in [6.07, 6.45) is 2.14. The molecule has 1 aromatic carbocycles. The van der Waals surface area contributed by atoms with Crippen molar-refractivity contribution in [3.05, 3.63) is 33.9 Å². The molecule has 0 aliphatic carbocycles. The van der Waals surface area contributed by atoms with E-state index in [2.05, 4.69) is 33.0 Å². The zero-order chi connectivity index (χ0) is 15.3. The van der Waals surface area contributed by atoms with Gasteiger partial charge in [0.15, 0.2) is 0 Å². The maximum Gasteiger partial charge on any atom is 0.274 e. The van der Waals surface area contributed by atoms with Gasteiger partial charge in [-0.15, -0.1) is 0 Å². The van der Waals surface area contributed by atoms with E-state index < -0.39 is 0 Å². The highest BCUT2D eigenvalue weighted by atomic mass is 16.6. The van der Waals surface area contributed by atoms with Gasteiger partial charge in [0.1, 0.15) is 0 Å². The molecule has 0 heterocycles. The molecule has 0 spiro atoms. The average molecular weight is 278 g/mol. The van der Waals surface area contributed by atoms with Crippen LogP contribution in [0, 0.1) is 28.9 Å². The molecule has 4 nitrogen and oxygen atoms in total. The van der Waals surface area contributed by atoms with Gasteiger partial charge < -0.3 is 5.32 Å². The monoisotopic (exact) mass is 278 g/mol. The zero-order valence-corrected chi connectivity index (χ0v) is 13.1. The number of hydrogen-bond donors (Lipinski definition) is 1. The Morgan fingerprint density at radius 1 is 1.15 bits per heavy atom. The van der Waals surface area contributed by atoms with Crippen molar-refractivity contribution in [2.24, 2.45) is 11.8 Å². The van der Waals surface area contributed by atoms with E-state index in [-0.39, 0.29) is 10.6 Å². The third kappa shape index (κ3) is 5.19. The van der Waals surface area contributed by atoms with Gasteiger partial charge in [-0.05, 0) is 37.7 Å². The van der Waals surface area contributed by atoms with Crippen LogP contribution in [-0.2, 0) is 0 Å². The minimum Gasteiger partial charge on any atom is -0.382 e. The first-order valence-corrected chi connectivity index (χ1v) is 7.31. The molecule has 0 aliphatic rings. The van der Waals surface area contributed by atoms with Gasteiger partial charge in [0.2, 0.25) is 0 Å². The van der Waals surface area contributed by atoms with Crippen molar-refractivity contribution < 1.29 is 4.92 Å². The maximum atomic E-state index is 11.0. The zero-order valence-electron chi connectivity index (χ0n) is 13.1. The lowest BCUT2D eigenvalue weighted by atomic mass is 9.95. The van der Waals surface area contributed by atoms with Gasteiger partial charge in [0.25, 0.3) is 5.69 Å². The van der Waals surface area contributed by atoms with Gasteiger partial charge in [-0.25, -0.2) is 0 Å². The predicted octanol–water partition coefficient (Wildman–Crippen LogP) is 4.78. The van der Waals surface area contributed by atoms with Crippen molar-refractivity contribution in [1.82, 2.24) is 0 Å². The van der Waals surface area contributed by atoms with E-state index in [1.54, 1.807) is 13.0 Å². The standard InChI is InChI=1S/C16H26N2O2/c1-11(2)8-15(9-12(3)4)17-14-7-6-13(5)16(10-14)18(19)20/h6-7,10-12,15,17H,8-9H2,1-5H3. The normalized spacial score (nSPS) is 11.4. The quantitative estimate of drug-likeness (QED) is 0.577.